The lowest BCUT2D eigenvalue weighted by Crippen LogP contribution is -2.29. The molecule has 0 atom stereocenters. The van der Waals surface area contributed by atoms with Gasteiger partial charge in [0.2, 0.25) is 0 Å². The zero-order chi connectivity index (χ0) is 17.2. The highest BCUT2D eigenvalue weighted by Crippen LogP contribution is 2.17. The summed E-state index contributed by atoms with van der Waals surface area (Å²) in [5.74, 6) is -1.54. The van der Waals surface area contributed by atoms with E-state index in [2.05, 4.69) is 9.98 Å². The van der Waals surface area contributed by atoms with E-state index in [1.807, 2.05) is 0 Å². The van der Waals surface area contributed by atoms with Crippen LogP contribution in [0.3, 0.4) is 0 Å². The summed E-state index contributed by atoms with van der Waals surface area (Å²) in [6.07, 6.45) is 1.78. The van der Waals surface area contributed by atoms with Gasteiger partial charge in [0.15, 0.2) is 11.6 Å². The first-order valence-electron chi connectivity index (χ1n) is 6.23. The van der Waals surface area contributed by atoms with Crippen LogP contribution in [0.4, 0.5) is 10.2 Å². The second-order valence-electron chi connectivity index (χ2n) is 4.66. The quantitative estimate of drug-likeness (QED) is 0.610. The van der Waals surface area contributed by atoms with Crippen molar-refractivity contribution in [1.29, 1.82) is 0 Å². The van der Waals surface area contributed by atoms with Crippen molar-refractivity contribution in [3.63, 3.8) is 0 Å². The highest BCUT2D eigenvalue weighted by Gasteiger charge is 2.21. The number of aromatic nitrogens is 2. The fourth-order valence-corrected chi connectivity index (χ4v) is 2.87. The van der Waals surface area contributed by atoms with Crippen LogP contribution in [-0.2, 0) is 10.0 Å². The van der Waals surface area contributed by atoms with Crippen molar-refractivity contribution in [3.05, 3.63) is 51.8 Å². The van der Waals surface area contributed by atoms with E-state index in [-0.39, 0.29) is 8.87 Å². The average molecular weight is 359 g/mol. The van der Waals surface area contributed by atoms with Crippen molar-refractivity contribution in [2.45, 2.75) is 4.90 Å². The molecule has 0 saturated heterocycles. The molecular formula is C13H12ClFN4O3S. The van der Waals surface area contributed by atoms with E-state index in [1.165, 1.54) is 35.5 Å². The molecule has 2 aromatic rings. The molecule has 0 amide bonds. The Hall–Kier alpha value is -2.26. The van der Waals surface area contributed by atoms with E-state index in [0.717, 1.165) is 0 Å². The number of halogens is 2. The maximum absolute atomic E-state index is 14.0. The molecule has 0 fully saturated rings. The molecule has 0 spiro atoms. The first-order chi connectivity index (χ1) is 10.7. The molecule has 0 saturated carbocycles. The van der Waals surface area contributed by atoms with Crippen molar-refractivity contribution >= 4 is 33.8 Å². The lowest BCUT2D eigenvalue weighted by molar-refractivity contribution is 0.571. The third-order valence-corrected chi connectivity index (χ3v) is 4.52. The molecule has 0 N–H and O–H groups in total. The van der Waals surface area contributed by atoms with E-state index in [4.69, 9.17) is 11.6 Å². The highest BCUT2D eigenvalue weighted by molar-refractivity contribution is 7.90. The molecule has 1 heterocycles. The van der Waals surface area contributed by atoms with E-state index in [1.54, 1.807) is 14.1 Å². The van der Waals surface area contributed by atoms with Gasteiger partial charge >= 0.3 is 5.69 Å². The number of rotatable bonds is 4. The maximum Gasteiger partial charge on any atom is 0.363 e. The second kappa shape index (κ2) is 6.47. The summed E-state index contributed by atoms with van der Waals surface area (Å²) in [6.45, 7) is 0. The fraction of sp³-hybridized carbons (Fsp3) is 0.154. The smallest absolute Gasteiger partial charge is 0.363 e. The zero-order valence-corrected chi connectivity index (χ0v) is 13.7. The molecule has 1 aromatic heterocycles. The maximum atomic E-state index is 14.0. The van der Waals surface area contributed by atoms with Crippen LogP contribution < -0.4 is 5.69 Å². The van der Waals surface area contributed by atoms with Gasteiger partial charge in [-0.15, -0.1) is 0 Å². The van der Waals surface area contributed by atoms with E-state index < -0.39 is 27.3 Å². The Morgan fingerprint density at radius 1 is 1.30 bits per heavy atom. The van der Waals surface area contributed by atoms with Crippen molar-refractivity contribution in [3.8, 4) is 0 Å². The van der Waals surface area contributed by atoms with Crippen LogP contribution in [0.1, 0.15) is 0 Å². The van der Waals surface area contributed by atoms with Crippen molar-refractivity contribution in [2.24, 2.45) is 4.99 Å². The van der Waals surface area contributed by atoms with Crippen LogP contribution in [0.25, 0.3) is 0 Å². The van der Waals surface area contributed by atoms with Crippen LogP contribution in [0.2, 0.25) is 5.02 Å². The molecule has 23 heavy (non-hydrogen) atoms. The lowest BCUT2D eigenvalue weighted by Gasteiger charge is -2.08. The molecule has 2 rings (SSSR count). The van der Waals surface area contributed by atoms with Gasteiger partial charge in [0.05, 0.1) is 17.4 Å². The van der Waals surface area contributed by atoms with Gasteiger partial charge in [0.25, 0.3) is 10.0 Å². The van der Waals surface area contributed by atoms with Gasteiger partial charge in [-0.1, -0.05) is 11.6 Å². The topological polar surface area (TPSA) is 84.6 Å². The Morgan fingerprint density at radius 2 is 1.91 bits per heavy atom. The molecule has 122 valence electrons. The lowest BCUT2D eigenvalue weighted by atomic mass is 10.4. The summed E-state index contributed by atoms with van der Waals surface area (Å²) in [5.41, 5.74) is -1.16. The van der Waals surface area contributed by atoms with E-state index in [9.17, 15) is 17.6 Å². The molecule has 0 bridgehead atoms. The monoisotopic (exact) mass is 358 g/mol. The largest absolute Gasteiger partial charge is 0.369 e. The molecule has 1 aromatic carbocycles. The van der Waals surface area contributed by atoms with Gasteiger partial charge in [-0.25, -0.2) is 22.6 Å². The second-order valence-corrected chi connectivity index (χ2v) is 6.91. The summed E-state index contributed by atoms with van der Waals surface area (Å²) < 4.78 is 38.9. The third-order valence-electron chi connectivity index (χ3n) is 2.62. The highest BCUT2D eigenvalue weighted by atomic mass is 35.5. The predicted octanol–water partition coefficient (Wildman–Crippen LogP) is 1.49. The zero-order valence-electron chi connectivity index (χ0n) is 12.1. The molecule has 7 nitrogen and oxygen atoms in total. The molecular weight excluding hydrogens is 347 g/mol. The SMILES string of the molecule is CN(C)/C=N/c1nc(=O)n(S(=O)(=O)c2ccc(Cl)cc2)cc1F. The van der Waals surface area contributed by atoms with E-state index in [0.29, 0.717) is 11.2 Å². The van der Waals surface area contributed by atoms with Crippen molar-refractivity contribution in [2.75, 3.05) is 14.1 Å². The minimum Gasteiger partial charge on any atom is -0.369 e. The van der Waals surface area contributed by atoms with Crippen molar-refractivity contribution in [1.82, 2.24) is 13.9 Å². The Bertz CT molecular complexity index is 908. The van der Waals surface area contributed by atoms with E-state index >= 15 is 0 Å². The predicted molar refractivity (Wildman–Crippen MR) is 84.3 cm³/mol. The molecule has 0 aliphatic heterocycles. The van der Waals surface area contributed by atoms with Crippen molar-refractivity contribution < 1.29 is 12.8 Å². The van der Waals surface area contributed by atoms with Gasteiger partial charge in [0, 0.05) is 19.1 Å². The Balaban J connectivity index is 2.54. The number of nitrogens with zero attached hydrogens (tertiary/aromatic N) is 4. The summed E-state index contributed by atoms with van der Waals surface area (Å²) in [6, 6.07) is 5.11. The van der Waals surface area contributed by atoms with Gasteiger partial charge < -0.3 is 4.90 Å². The average Bonchev–Trinajstić information content (AvgIpc) is 2.48. The molecule has 0 unspecified atom stereocenters. The van der Waals surface area contributed by atoms with Crippen LogP contribution in [0, 0.1) is 5.82 Å². The molecule has 0 aliphatic carbocycles. The molecule has 10 heteroatoms. The first-order valence-corrected chi connectivity index (χ1v) is 8.04. The van der Waals surface area contributed by atoms with Gasteiger partial charge in [-0.2, -0.15) is 8.96 Å². The van der Waals surface area contributed by atoms with Gasteiger partial charge in [-0.05, 0) is 24.3 Å². The summed E-state index contributed by atoms with van der Waals surface area (Å²) in [5, 5.41) is 0.328. The number of hydrogen-bond donors (Lipinski definition) is 0. The number of benzene rings is 1. The Kier molecular flexibility index (Phi) is 4.81. The summed E-state index contributed by atoms with van der Waals surface area (Å²) in [4.78, 5) is 20.2. The van der Waals surface area contributed by atoms with Gasteiger partial charge in [0.1, 0.15) is 0 Å². The standard InChI is InChI=1S/C13H12ClFN4O3S/c1-18(2)8-16-12-11(15)7-19(13(20)17-12)23(21,22)10-5-3-9(14)4-6-10/h3-8H,1-2H3/b16-8+. The normalized spacial score (nSPS) is 11.8. The third kappa shape index (κ3) is 3.74. The van der Waals surface area contributed by atoms with Gasteiger partial charge in [-0.3, -0.25) is 0 Å². The Morgan fingerprint density at radius 3 is 2.48 bits per heavy atom. The van der Waals surface area contributed by atoms with Crippen LogP contribution in [-0.4, -0.2) is 42.7 Å². The van der Waals surface area contributed by atoms with Crippen LogP contribution in [0.5, 0.6) is 0 Å². The fourth-order valence-electron chi connectivity index (χ4n) is 1.56. The minimum absolute atomic E-state index is 0.213. The summed E-state index contributed by atoms with van der Waals surface area (Å²) >= 11 is 5.69. The first kappa shape index (κ1) is 17.1. The summed E-state index contributed by atoms with van der Waals surface area (Å²) in [7, 11) is -0.983. The minimum atomic E-state index is -4.28. The van der Waals surface area contributed by atoms with Crippen LogP contribution >= 0.6 is 11.6 Å². The molecule has 0 aliphatic rings. The number of aliphatic imine (C=N–C) groups is 1. The van der Waals surface area contributed by atoms with Crippen LogP contribution in [0.15, 0.2) is 45.1 Å². The number of hydrogen-bond acceptors (Lipinski definition) is 5. The molecule has 0 radical (unpaired) electrons. The Labute approximate surface area is 136 Å².